The van der Waals surface area contributed by atoms with E-state index in [1.54, 1.807) is 0 Å². The van der Waals surface area contributed by atoms with E-state index in [2.05, 4.69) is 55.6 Å². The lowest BCUT2D eigenvalue weighted by Crippen LogP contribution is -2.40. The highest BCUT2D eigenvalue weighted by molar-refractivity contribution is 5.83. The summed E-state index contributed by atoms with van der Waals surface area (Å²) in [5.74, 6) is -1.34. The van der Waals surface area contributed by atoms with Crippen LogP contribution in [0.15, 0.2) is 36.5 Å². The second kappa shape index (κ2) is 35.9. The third kappa shape index (κ3) is 32.2. The van der Waals surface area contributed by atoms with Crippen LogP contribution in [0.2, 0.25) is 0 Å². The number of nitrogens with one attached hydrogen (secondary N) is 1. The van der Waals surface area contributed by atoms with Gasteiger partial charge in [0.25, 0.3) is 0 Å². The van der Waals surface area contributed by atoms with Crippen molar-refractivity contribution in [1.29, 1.82) is 0 Å². The molecule has 278 valence electrons. The average molecular weight is 675 g/mol. The largest absolute Gasteiger partial charge is 0.480 e. The summed E-state index contributed by atoms with van der Waals surface area (Å²) in [5, 5.41) is 11.9. The normalized spacial score (nSPS) is 13.1. The van der Waals surface area contributed by atoms with E-state index in [0.29, 0.717) is 38.6 Å². The third-order valence-corrected chi connectivity index (χ3v) is 8.66. The van der Waals surface area contributed by atoms with Crippen LogP contribution in [0.3, 0.4) is 0 Å². The summed E-state index contributed by atoms with van der Waals surface area (Å²) in [6.07, 6.45) is 40.5. The molecule has 4 N–H and O–H groups in total. The van der Waals surface area contributed by atoms with Crippen LogP contribution in [-0.2, 0) is 19.1 Å². The number of rotatable bonds is 35. The van der Waals surface area contributed by atoms with Gasteiger partial charge in [0.15, 0.2) is 0 Å². The molecule has 0 aliphatic rings. The molecule has 7 nitrogen and oxygen atoms in total. The van der Waals surface area contributed by atoms with Gasteiger partial charge >= 0.3 is 11.9 Å². The number of aliphatic carboxylic acids is 1. The Labute approximate surface area is 295 Å². The first-order chi connectivity index (χ1) is 23.4. The molecule has 48 heavy (non-hydrogen) atoms. The zero-order valence-corrected chi connectivity index (χ0v) is 31.1. The summed E-state index contributed by atoms with van der Waals surface area (Å²) in [5.41, 5.74) is 5.47. The molecule has 0 spiro atoms. The SMILES string of the molecule is CCCC/C=C\C/C=C\CCCCCCCC(=O)OC(/C=C\CCCCCCCCC)CCCCCCC(=O)NC(CCCN)C(=O)O. The van der Waals surface area contributed by atoms with E-state index in [1.165, 1.54) is 77.0 Å². The minimum Gasteiger partial charge on any atom is -0.480 e. The number of nitrogens with two attached hydrogens (primary N) is 1. The van der Waals surface area contributed by atoms with Crippen LogP contribution in [0.5, 0.6) is 0 Å². The smallest absolute Gasteiger partial charge is 0.326 e. The first-order valence-electron chi connectivity index (χ1n) is 19.8. The highest BCUT2D eigenvalue weighted by Crippen LogP contribution is 2.15. The van der Waals surface area contributed by atoms with Crippen LogP contribution in [0.25, 0.3) is 0 Å². The number of esters is 1. The predicted octanol–water partition coefficient (Wildman–Crippen LogP) is 10.7. The van der Waals surface area contributed by atoms with Gasteiger partial charge in [0.2, 0.25) is 5.91 Å². The van der Waals surface area contributed by atoms with Crippen molar-refractivity contribution in [3.05, 3.63) is 36.5 Å². The van der Waals surface area contributed by atoms with E-state index in [9.17, 15) is 19.5 Å². The predicted molar refractivity (Wildman–Crippen MR) is 202 cm³/mol. The Morgan fingerprint density at radius 3 is 1.79 bits per heavy atom. The summed E-state index contributed by atoms with van der Waals surface area (Å²) < 4.78 is 5.91. The molecule has 7 heteroatoms. The maximum Gasteiger partial charge on any atom is 0.326 e. The molecule has 0 rings (SSSR count). The van der Waals surface area contributed by atoms with E-state index in [1.807, 2.05) is 0 Å². The summed E-state index contributed by atoms with van der Waals surface area (Å²) in [7, 11) is 0. The van der Waals surface area contributed by atoms with Crippen molar-refractivity contribution in [2.75, 3.05) is 6.54 Å². The second-order valence-corrected chi connectivity index (χ2v) is 13.3. The van der Waals surface area contributed by atoms with Crippen molar-refractivity contribution in [3.63, 3.8) is 0 Å². The monoisotopic (exact) mass is 675 g/mol. The van der Waals surface area contributed by atoms with Gasteiger partial charge in [-0.1, -0.05) is 128 Å². The lowest BCUT2D eigenvalue weighted by molar-refractivity contribution is -0.147. The van der Waals surface area contributed by atoms with Crippen LogP contribution >= 0.6 is 0 Å². The zero-order chi connectivity index (χ0) is 35.3. The molecular formula is C41H74N2O5. The topological polar surface area (TPSA) is 119 Å². The van der Waals surface area contributed by atoms with Crippen LogP contribution in [0, 0.1) is 0 Å². The molecule has 0 fully saturated rings. The summed E-state index contributed by atoms with van der Waals surface area (Å²) in [6.45, 7) is 4.87. The standard InChI is InChI=1S/C41H74N2O5/c1-3-5-7-9-11-13-14-15-16-17-19-21-23-29-35-40(45)48-37(31-26-22-20-18-12-10-8-6-4-2)32-27-24-25-28-34-39(44)43-38(41(46)47)33-30-36-42/h9,11,14-15,26,31,37-38H,3-8,10,12-13,16-25,27-30,32-36,42H2,1-2H3,(H,43,44)(H,46,47)/b11-9-,15-14-,31-26-. The summed E-state index contributed by atoms with van der Waals surface area (Å²) >= 11 is 0. The molecule has 2 atom stereocenters. The average Bonchev–Trinajstić information content (AvgIpc) is 3.07. The van der Waals surface area contributed by atoms with E-state index in [-0.39, 0.29) is 18.0 Å². The number of allylic oxidation sites excluding steroid dienone is 5. The second-order valence-electron chi connectivity index (χ2n) is 13.3. The number of amides is 1. The van der Waals surface area contributed by atoms with Crippen LogP contribution in [0.1, 0.15) is 187 Å². The summed E-state index contributed by atoms with van der Waals surface area (Å²) in [6, 6.07) is -0.871. The van der Waals surface area contributed by atoms with Crippen LogP contribution in [0.4, 0.5) is 0 Å². The van der Waals surface area contributed by atoms with Crippen molar-refractivity contribution in [2.24, 2.45) is 5.73 Å². The Balaban J connectivity index is 4.38. The number of hydrogen-bond donors (Lipinski definition) is 3. The number of carbonyl (C=O) groups excluding carboxylic acids is 2. The van der Waals surface area contributed by atoms with Crippen molar-refractivity contribution >= 4 is 17.8 Å². The molecular weight excluding hydrogens is 600 g/mol. The maximum atomic E-state index is 12.7. The fraction of sp³-hybridized carbons (Fsp3) is 0.780. The highest BCUT2D eigenvalue weighted by Gasteiger charge is 2.19. The molecule has 0 aromatic rings. The van der Waals surface area contributed by atoms with Crippen LogP contribution in [-0.4, -0.2) is 41.6 Å². The van der Waals surface area contributed by atoms with Crippen molar-refractivity contribution in [2.45, 2.75) is 199 Å². The molecule has 0 heterocycles. The Kier molecular flexibility index (Phi) is 34.1. The number of ether oxygens (including phenoxy) is 1. The maximum absolute atomic E-state index is 12.7. The van der Waals surface area contributed by atoms with Gasteiger partial charge in [-0.3, -0.25) is 9.59 Å². The van der Waals surface area contributed by atoms with Crippen molar-refractivity contribution < 1.29 is 24.2 Å². The van der Waals surface area contributed by atoms with Gasteiger partial charge in [-0.05, 0) is 89.7 Å². The number of unbranched alkanes of at least 4 members (excludes halogenated alkanes) is 17. The molecule has 0 bridgehead atoms. The fourth-order valence-corrected chi connectivity index (χ4v) is 5.61. The molecule has 0 aromatic heterocycles. The van der Waals surface area contributed by atoms with Gasteiger partial charge in [0.1, 0.15) is 12.1 Å². The third-order valence-electron chi connectivity index (χ3n) is 8.66. The van der Waals surface area contributed by atoms with Gasteiger partial charge < -0.3 is 20.9 Å². The van der Waals surface area contributed by atoms with Crippen molar-refractivity contribution in [1.82, 2.24) is 5.32 Å². The Hall–Kier alpha value is -2.41. The summed E-state index contributed by atoms with van der Waals surface area (Å²) in [4.78, 5) is 36.2. The lowest BCUT2D eigenvalue weighted by atomic mass is 10.1. The number of hydrogen-bond acceptors (Lipinski definition) is 5. The van der Waals surface area contributed by atoms with Gasteiger partial charge in [-0.2, -0.15) is 0 Å². The van der Waals surface area contributed by atoms with E-state index < -0.39 is 12.0 Å². The van der Waals surface area contributed by atoms with Gasteiger partial charge in [0.05, 0.1) is 0 Å². The molecule has 0 saturated carbocycles. The molecule has 1 amide bonds. The van der Waals surface area contributed by atoms with Gasteiger partial charge in [0, 0.05) is 12.8 Å². The molecule has 2 unspecified atom stereocenters. The molecule has 0 aromatic carbocycles. The molecule has 0 aliphatic heterocycles. The van der Waals surface area contributed by atoms with Gasteiger partial charge in [-0.25, -0.2) is 4.79 Å². The lowest BCUT2D eigenvalue weighted by Gasteiger charge is -2.15. The van der Waals surface area contributed by atoms with Gasteiger partial charge in [-0.15, -0.1) is 0 Å². The first-order valence-corrected chi connectivity index (χ1v) is 19.8. The van der Waals surface area contributed by atoms with E-state index >= 15 is 0 Å². The number of carboxylic acids is 1. The van der Waals surface area contributed by atoms with Crippen molar-refractivity contribution in [3.8, 4) is 0 Å². The molecule has 0 radical (unpaired) electrons. The first kappa shape index (κ1) is 45.6. The number of carboxylic acid groups (broad SMARTS) is 1. The van der Waals surface area contributed by atoms with Crippen LogP contribution < -0.4 is 11.1 Å². The Morgan fingerprint density at radius 2 is 1.17 bits per heavy atom. The minimum atomic E-state index is -1.02. The fourth-order valence-electron chi connectivity index (χ4n) is 5.61. The Morgan fingerprint density at radius 1 is 0.625 bits per heavy atom. The van der Waals surface area contributed by atoms with E-state index in [0.717, 1.165) is 64.2 Å². The Bertz CT molecular complexity index is 854. The zero-order valence-electron chi connectivity index (χ0n) is 31.1. The number of carbonyl (C=O) groups is 3. The molecule has 0 aliphatic carbocycles. The quantitative estimate of drug-likeness (QED) is 0.0350. The van der Waals surface area contributed by atoms with E-state index in [4.69, 9.17) is 10.5 Å². The highest BCUT2D eigenvalue weighted by atomic mass is 16.5. The minimum absolute atomic E-state index is 0.102. The molecule has 0 saturated heterocycles.